The van der Waals surface area contributed by atoms with Crippen LogP contribution < -0.4 is 5.32 Å². The van der Waals surface area contributed by atoms with Gasteiger partial charge in [-0.2, -0.15) is 0 Å². The molecule has 1 aliphatic rings. The molecule has 2 aromatic rings. The van der Waals surface area contributed by atoms with Crippen LogP contribution in [0.1, 0.15) is 22.7 Å². The number of hydrogen-bond donors (Lipinski definition) is 2. The summed E-state index contributed by atoms with van der Waals surface area (Å²) in [5.74, 6) is -2.20. The number of ketones is 1. The molecule has 4 nitrogen and oxygen atoms in total. The Kier molecular flexibility index (Phi) is 5.16. The SMILES string of the molecule is O=C(Cc1ccc(Cl)c(F)c1)C(=O)N[C@H]1c2ccccc2C[C@H]1CO. The summed E-state index contributed by atoms with van der Waals surface area (Å²) in [4.78, 5) is 24.4. The second-order valence-corrected chi connectivity index (χ2v) is 6.55. The number of carbonyl (C=O) groups excluding carboxylic acids is 2. The summed E-state index contributed by atoms with van der Waals surface area (Å²) in [7, 11) is 0. The second kappa shape index (κ2) is 7.33. The zero-order valence-corrected chi connectivity index (χ0v) is 14.1. The predicted octanol–water partition coefficient (Wildman–Crippen LogP) is 2.61. The highest BCUT2D eigenvalue weighted by atomic mass is 35.5. The van der Waals surface area contributed by atoms with Crippen LogP contribution in [0.5, 0.6) is 0 Å². The van der Waals surface area contributed by atoms with Crippen molar-refractivity contribution in [2.75, 3.05) is 6.61 Å². The number of nitrogens with one attached hydrogen (secondary N) is 1. The molecule has 0 fully saturated rings. The van der Waals surface area contributed by atoms with E-state index in [1.807, 2.05) is 24.3 Å². The van der Waals surface area contributed by atoms with Gasteiger partial charge in [0, 0.05) is 18.9 Å². The van der Waals surface area contributed by atoms with Gasteiger partial charge in [0.2, 0.25) is 5.78 Å². The van der Waals surface area contributed by atoms with Gasteiger partial charge in [0.25, 0.3) is 5.91 Å². The van der Waals surface area contributed by atoms with E-state index in [1.165, 1.54) is 12.1 Å². The van der Waals surface area contributed by atoms with Crippen molar-refractivity contribution in [2.24, 2.45) is 5.92 Å². The Balaban J connectivity index is 1.70. The summed E-state index contributed by atoms with van der Waals surface area (Å²) < 4.78 is 13.4. The number of carbonyl (C=O) groups is 2. The molecule has 0 heterocycles. The average Bonchev–Trinajstić information content (AvgIpc) is 2.96. The van der Waals surface area contributed by atoms with Gasteiger partial charge in [-0.25, -0.2) is 4.39 Å². The molecule has 3 rings (SSSR count). The van der Waals surface area contributed by atoms with Gasteiger partial charge >= 0.3 is 0 Å². The van der Waals surface area contributed by atoms with Crippen molar-refractivity contribution in [3.8, 4) is 0 Å². The van der Waals surface area contributed by atoms with Crippen LogP contribution in [0, 0.1) is 11.7 Å². The largest absolute Gasteiger partial charge is 0.396 e. The lowest BCUT2D eigenvalue weighted by Gasteiger charge is -2.20. The topological polar surface area (TPSA) is 66.4 Å². The number of rotatable bonds is 5. The van der Waals surface area contributed by atoms with Gasteiger partial charge in [-0.1, -0.05) is 41.9 Å². The zero-order chi connectivity index (χ0) is 18.0. The minimum absolute atomic E-state index is 0.0333. The molecule has 0 unspecified atom stereocenters. The highest BCUT2D eigenvalue weighted by Crippen LogP contribution is 2.35. The van der Waals surface area contributed by atoms with Crippen molar-refractivity contribution in [3.05, 3.63) is 70.0 Å². The standard InChI is InChI=1S/C19H17ClFNO3/c20-15-6-5-11(7-16(15)21)8-17(24)19(25)22-18-13(10-23)9-12-3-1-2-4-14(12)18/h1-7,13,18,23H,8-10H2,(H,22,25)/t13-,18+/m0/s1. The lowest BCUT2D eigenvalue weighted by molar-refractivity contribution is -0.138. The first-order chi connectivity index (χ1) is 12.0. The molecule has 0 saturated heterocycles. The van der Waals surface area contributed by atoms with Crippen LogP contribution in [-0.4, -0.2) is 23.4 Å². The number of aliphatic hydroxyl groups excluding tert-OH is 1. The Morgan fingerprint density at radius 1 is 1.24 bits per heavy atom. The van der Waals surface area contributed by atoms with Gasteiger partial charge in [-0.05, 0) is 35.2 Å². The van der Waals surface area contributed by atoms with Crippen molar-refractivity contribution in [1.29, 1.82) is 0 Å². The highest BCUT2D eigenvalue weighted by molar-refractivity contribution is 6.36. The van der Waals surface area contributed by atoms with E-state index < -0.39 is 23.5 Å². The zero-order valence-electron chi connectivity index (χ0n) is 13.3. The van der Waals surface area contributed by atoms with Gasteiger partial charge < -0.3 is 10.4 Å². The molecular weight excluding hydrogens is 345 g/mol. The maximum Gasteiger partial charge on any atom is 0.288 e. The van der Waals surface area contributed by atoms with E-state index in [1.54, 1.807) is 0 Å². The van der Waals surface area contributed by atoms with E-state index in [-0.39, 0.29) is 24.0 Å². The maximum absolute atomic E-state index is 13.4. The van der Waals surface area contributed by atoms with Crippen LogP contribution in [0.2, 0.25) is 5.02 Å². The molecule has 2 atom stereocenters. The van der Waals surface area contributed by atoms with Gasteiger partial charge in [0.05, 0.1) is 11.1 Å². The van der Waals surface area contributed by atoms with Gasteiger partial charge in [-0.3, -0.25) is 9.59 Å². The number of Topliss-reactive ketones (excluding diaryl/α,β-unsaturated/α-hetero) is 1. The molecule has 0 aliphatic heterocycles. The van der Waals surface area contributed by atoms with E-state index in [0.717, 1.165) is 17.2 Å². The number of aliphatic hydroxyl groups is 1. The maximum atomic E-state index is 13.4. The summed E-state index contributed by atoms with van der Waals surface area (Å²) in [5, 5.41) is 12.2. The van der Waals surface area contributed by atoms with Crippen molar-refractivity contribution < 1.29 is 19.1 Å². The molecular formula is C19H17ClFNO3. The second-order valence-electron chi connectivity index (χ2n) is 6.15. The number of amides is 1. The summed E-state index contributed by atoms with van der Waals surface area (Å²) in [6, 6.07) is 11.2. The molecule has 0 aromatic heterocycles. The lowest BCUT2D eigenvalue weighted by atomic mass is 10.0. The average molecular weight is 362 g/mol. The van der Waals surface area contributed by atoms with E-state index in [4.69, 9.17) is 11.6 Å². The first-order valence-corrected chi connectivity index (χ1v) is 8.33. The highest BCUT2D eigenvalue weighted by Gasteiger charge is 2.33. The Labute approximate surface area is 149 Å². The molecule has 6 heteroatoms. The van der Waals surface area contributed by atoms with Crippen LogP contribution in [0.25, 0.3) is 0 Å². The summed E-state index contributed by atoms with van der Waals surface area (Å²) in [5.41, 5.74) is 2.35. The van der Waals surface area contributed by atoms with Crippen molar-refractivity contribution in [1.82, 2.24) is 5.32 Å². The minimum atomic E-state index is -0.740. The van der Waals surface area contributed by atoms with Crippen molar-refractivity contribution >= 4 is 23.3 Å². The monoisotopic (exact) mass is 361 g/mol. The summed E-state index contributed by atoms with van der Waals surface area (Å²) >= 11 is 5.61. The van der Waals surface area contributed by atoms with Crippen molar-refractivity contribution in [2.45, 2.75) is 18.9 Å². The van der Waals surface area contributed by atoms with Gasteiger partial charge in [0.1, 0.15) is 5.82 Å². The first kappa shape index (κ1) is 17.6. The van der Waals surface area contributed by atoms with E-state index in [2.05, 4.69) is 5.32 Å². The third-order valence-corrected chi connectivity index (χ3v) is 4.77. The molecule has 0 saturated carbocycles. The van der Waals surface area contributed by atoms with Crippen LogP contribution in [0.4, 0.5) is 4.39 Å². The third-order valence-electron chi connectivity index (χ3n) is 4.47. The van der Waals surface area contributed by atoms with Gasteiger partial charge in [0.15, 0.2) is 0 Å². The fraction of sp³-hybridized carbons (Fsp3) is 0.263. The first-order valence-electron chi connectivity index (χ1n) is 7.96. The summed E-state index contributed by atoms with van der Waals surface area (Å²) in [6.45, 7) is -0.0871. The molecule has 2 aromatic carbocycles. The number of halogens is 2. The molecule has 25 heavy (non-hydrogen) atoms. The van der Waals surface area contributed by atoms with Gasteiger partial charge in [-0.15, -0.1) is 0 Å². The minimum Gasteiger partial charge on any atom is -0.396 e. The Bertz CT molecular complexity index is 824. The third kappa shape index (κ3) is 3.72. The van der Waals surface area contributed by atoms with Crippen LogP contribution >= 0.6 is 11.6 Å². The lowest BCUT2D eigenvalue weighted by Crippen LogP contribution is -2.37. The molecule has 1 amide bonds. The van der Waals surface area contributed by atoms with Crippen molar-refractivity contribution in [3.63, 3.8) is 0 Å². The van der Waals surface area contributed by atoms with Crippen LogP contribution in [-0.2, 0) is 22.4 Å². The Hall–Kier alpha value is -2.24. The number of fused-ring (bicyclic) bond motifs is 1. The Morgan fingerprint density at radius 2 is 2.00 bits per heavy atom. The predicted molar refractivity (Wildman–Crippen MR) is 91.7 cm³/mol. The number of hydrogen-bond acceptors (Lipinski definition) is 3. The fourth-order valence-electron chi connectivity index (χ4n) is 3.18. The van der Waals surface area contributed by atoms with E-state index in [0.29, 0.717) is 12.0 Å². The van der Waals surface area contributed by atoms with Crippen LogP contribution in [0.3, 0.4) is 0 Å². The molecule has 2 N–H and O–H groups in total. The molecule has 0 spiro atoms. The molecule has 130 valence electrons. The summed E-state index contributed by atoms with van der Waals surface area (Å²) in [6.07, 6.45) is 0.437. The molecule has 1 aliphatic carbocycles. The molecule has 0 radical (unpaired) electrons. The number of benzene rings is 2. The quantitative estimate of drug-likeness (QED) is 0.804. The van der Waals surface area contributed by atoms with E-state index >= 15 is 0 Å². The smallest absolute Gasteiger partial charge is 0.288 e. The van der Waals surface area contributed by atoms with Crippen LogP contribution in [0.15, 0.2) is 42.5 Å². The van der Waals surface area contributed by atoms with E-state index in [9.17, 15) is 19.1 Å². The normalized spacial score (nSPS) is 18.7. The molecule has 0 bridgehead atoms. The fourth-order valence-corrected chi connectivity index (χ4v) is 3.30. The Morgan fingerprint density at radius 3 is 2.72 bits per heavy atom.